The molecule has 0 saturated carbocycles. The van der Waals surface area contributed by atoms with Crippen LogP contribution in [-0.2, 0) is 33.6 Å². The zero-order valence-corrected chi connectivity index (χ0v) is 18.1. The van der Waals surface area contributed by atoms with Crippen LogP contribution in [-0.4, -0.2) is 97.4 Å². The first-order chi connectivity index (χ1) is 15.6. The summed E-state index contributed by atoms with van der Waals surface area (Å²) in [7, 11) is 0. The van der Waals surface area contributed by atoms with Crippen LogP contribution < -0.4 is 21.7 Å². The second kappa shape index (κ2) is 14.4. The van der Waals surface area contributed by atoms with Gasteiger partial charge < -0.3 is 47.2 Å². The average Bonchev–Trinajstić information content (AvgIpc) is 2.71. The van der Waals surface area contributed by atoms with E-state index in [1.165, 1.54) is 0 Å². The second-order valence-electron chi connectivity index (χ2n) is 7.26. The highest BCUT2D eigenvalue weighted by Crippen LogP contribution is 2.04. The number of hydrogen-bond donors (Lipinski definition) is 9. The van der Waals surface area contributed by atoms with Crippen LogP contribution in [0, 0.1) is 0 Å². The van der Waals surface area contributed by atoms with Gasteiger partial charge in [-0.1, -0.05) is 0 Å². The maximum atomic E-state index is 12.5. The number of amides is 3. The molecule has 10 N–H and O–H groups in total. The fraction of sp³-hybridized carbons (Fsp3) is 0.611. The van der Waals surface area contributed by atoms with Gasteiger partial charge in [-0.25, -0.2) is 4.79 Å². The highest BCUT2D eigenvalue weighted by Gasteiger charge is 2.33. The van der Waals surface area contributed by atoms with Crippen LogP contribution in [0.3, 0.4) is 0 Å². The molecule has 5 unspecified atom stereocenters. The van der Waals surface area contributed by atoms with Gasteiger partial charge >= 0.3 is 23.9 Å². The van der Waals surface area contributed by atoms with E-state index < -0.39 is 97.6 Å². The number of hydrogen-bond acceptors (Lipinski definition) is 9. The molecule has 0 spiro atoms. The van der Waals surface area contributed by atoms with Crippen molar-refractivity contribution in [2.24, 2.45) is 5.73 Å². The first-order valence-corrected chi connectivity index (χ1v) is 9.88. The third-order valence-electron chi connectivity index (χ3n) is 4.34. The van der Waals surface area contributed by atoms with Crippen molar-refractivity contribution < 1.29 is 59.1 Å². The van der Waals surface area contributed by atoms with Crippen molar-refractivity contribution in [1.29, 1.82) is 0 Å². The van der Waals surface area contributed by atoms with Gasteiger partial charge in [-0.05, 0) is 19.8 Å². The van der Waals surface area contributed by atoms with Crippen LogP contribution in [0.1, 0.15) is 39.0 Å². The predicted molar refractivity (Wildman–Crippen MR) is 109 cm³/mol. The molecular formula is C18H28N4O12. The third kappa shape index (κ3) is 11.7. The number of nitrogens with one attached hydrogen (secondary N) is 3. The lowest BCUT2D eigenvalue weighted by Crippen LogP contribution is -2.60. The van der Waals surface area contributed by atoms with Crippen molar-refractivity contribution in [1.82, 2.24) is 16.0 Å². The number of nitrogens with two attached hydrogens (primary N) is 1. The zero-order valence-electron chi connectivity index (χ0n) is 18.1. The summed E-state index contributed by atoms with van der Waals surface area (Å²) in [4.78, 5) is 80.7. The summed E-state index contributed by atoms with van der Waals surface area (Å²) in [5.74, 6) is -9.15. The highest BCUT2D eigenvalue weighted by molar-refractivity contribution is 5.96. The molecule has 192 valence electrons. The Hall–Kier alpha value is -3.79. The van der Waals surface area contributed by atoms with Crippen LogP contribution in [0.2, 0.25) is 0 Å². The number of aliphatic carboxylic acids is 4. The third-order valence-corrected chi connectivity index (χ3v) is 4.34. The Bertz CT molecular complexity index is 800. The molecule has 0 heterocycles. The average molecular weight is 492 g/mol. The Morgan fingerprint density at radius 1 is 0.706 bits per heavy atom. The Morgan fingerprint density at radius 2 is 1.21 bits per heavy atom. The summed E-state index contributed by atoms with van der Waals surface area (Å²) < 4.78 is 0. The first-order valence-electron chi connectivity index (χ1n) is 9.88. The van der Waals surface area contributed by atoms with Crippen LogP contribution in [0.4, 0.5) is 0 Å². The topological polar surface area (TPSA) is 283 Å². The lowest BCUT2D eigenvalue weighted by atomic mass is 10.1. The number of carbonyl (C=O) groups excluding carboxylic acids is 3. The van der Waals surface area contributed by atoms with E-state index in [0.717, 1.165) is 6.92 Å². The standard InChI is InChI=1S/C18H28N4O12/c1-7(23)14(17(32)20-9(18(33)34)3-5-12(26)27)22-16(31)10(6-13(28)29)21-15(30)8(19)2-4-11(24)25/h7-10,14,23H,2-6,19H2,1H3,(H,20,32)(H,21,30)(H,22,31)(H,24,25)(H,26,27)(H,28,29)(H,33,34). The van der Waals surface area contributed by atoms with E-state index in [4.69, 9.17) is 26.2 Å². The van der Waals surface area contributed by atoms with Gasteiger partial charge in [-0.3, -0.25) is 28.8 Å². The van der Waals surface area contributed by atoms with Gasteiger partial charge in [-0.2, -0.15) is 0 Å². The Labute approximate surface area is 192 Å². The van der Waals surface area contributed by atoms with Crippen LogP contribution in [0.15, 0.2) is 0 Å². The summed E-state index contributed by atoms with van der Waals surface area (Å²) in [6, 6.07) is -6.63. The number of carboxylic acid groups (broad SMARTS) is 4. The Kier molecular flexibility index (Phi) is 12.8. The van der Waals surface area contributed by atoms with Crippen molar-refractivity contribution in [3.63, 3.8) is 0 Å². The number of aliphatic hydroxyl groups excluding tert-OH is 1. The van der Waals surface area contributed by atoms with E-state index in [0.29, 0.717) is 0 Å². The van der Waals surface area contributed by atoms with E-state index in [-0.39, 0.29) is 6.42 Å². The fourth-order valence-corrected chi connectivity index (χ4v) is 2.52. The van der Waals surface area contributed by atoms with Crippen LogP contribution in [0.25, 0.3) is 0 Å². The van der Waals surface area contributed by atoms with Crippen molar-refractivity contribution in [3.05, 3.63) is 0 Å². The smallest absolute Gasteiger partial charge is 0.326 e. The van der Waals surface area contributed by atoms with Gasteiger partial charge in [0.25, 0.3) is 0 Å². The Morgan fingerprint density at radius 3 is 1.65 bits per heavy atom. The van der Waals surface area contributed by atoms with Gasteiger partial charge in [0.1, 0.15) is 18.1 Å². The maximum absolute atomic E-state index is 12.5. The molecule has 0 bridgehead atoms. The van der Waals surface area contributed by atoms with Crippen molar-refractivity contribution in [2.45, 2.75) is 69.3 Å². The first kappa shape index (κ1) is 30.2. The van der Waals surface area contributed by atoms with Gasteiger partial charge in [0, 0.05) is 12.8 Å². The lowest BCUT2D eigenvalue weighted by molar-refractivity contribution is -0.145. The molecule has 0 rings (SSSR count). The van der Waals surface area contributed by atoms with E-state index in [1.54, 1.807) is 0 Å². The number of carboxylic acids is 4. The normalized spacial score (nSPS) is 15.0. The highest BCUT2D eigenvalue weighted by atomic mass is 16.4. The van der Waals surface area contributed by atoms with Crippen molar-refractivity contribution >= 4 is 41.6 Å². The maximum Gasteiger partial charge on any atom is 0.326 e. The van der Waals surface area contributed by atoms with Crippen molar-refractivity contribution in [2.75, 3.05) is 0 Å². The molecule has 5 atom stereocenters. The monoisotopic (exact) mass is 492 g/mol. The molecule has 16 nitrogen and oxygen atoms in total. The number of rotatable bonds is 16. The molecular weight excluding hydrogens is 464 g/mol. The SMILES string of the molecule is CC(O)C(NC(=O)C(CC(=O)O)NC(=O)C(N)CCC(=O)O)C(=O)NC(CCC(=O)O)C(=O)O. The van der Waals surface area contributed by atoms with Gasteiger partial charge in [0.05, 0.1) is 18.6 Å². The van der Waals surface area contributed by atoms with E-state index in [2.05, 4.69) is 0 Å². The minimum atomic E-state index is -1.80. The fourth-order valence-electron chi connectivity index (χ4n) is 2.52. The minimum Gasteiger partial charge on any atom is -0.481 e. The Balaban J connectivity index is 5.42. The van der Waals surface area contributed by atoms with Crippen molar-refractivity contribution in [3.8, 4) is 0 Å². The summed E-state index contributed by atoms with van der Waals surface area (Å²) >= 11 is 0. The molecule has 0 aliphatic rings. The molecule has 0 fully saturated rings. The summed E-state index contributed by atoms with van der Waals surface area (Å²) in [6.45, 7) is 1.06. The predicted octanol–water partition coefficient (Wildman–Crippen LogP) is -3.56. The molecule has 0 saturated heterocycles. The van der Waals surface area contributed by atoms with E-state index >= 15 is 0 Å². The lowest BCUT2D eigenvalue weighted by Gasteiger charge is -2.26. The van der Waals surface area contributed by atoms with Gasteiger partial charge in [0.15, 0.2) is 0 Å². The molecule has 34 heavy (non-hydrogen) atoms. The molecule has 0 aromatic carbocycles. The summed E-state index contributed by atoms with van der Waals surface area (Å²) in [5.41, 5.74) is 5.52. The number of carbonyl (C=O) groups is 7. The largest absolute Gasteiger partial charge is 0.481 e. The van der Waals surface area contributed by atoms with E-state index in [9.17, 15) is 38.7 Å². The quantitative estimate of drug-likeness (QED) is 0.101. The molecule has 16 heteroatoms. The molecule has 0 radical (unpaired) electrons. The van der Waals surface area contributed by atoms with Crippen LogP contribution in [0.5, 0.6) is 0 Å². The molecule has 0 aliphatic carbocycles. The van der Waals surface area contributed by atoms with Crippen LogP contribution >= 0.6 is 0 Å². The molecule has 0 aliphatic heterocycles. The molecule has 0 aromatic rings. The number of aliphatic hydroxyl groups is 1. The minimum absolute atomic E-state index is 0.311. The summed E-state index contributed by atoms with van der Waals surface area (Å²) in [5, 5.41) is 51.3. The van der Waals surface area contributed by atoms with E-state index in [1.807, 2.05) is 16.0 Å². The van der Waals surface area contributed by atoms with Gasteiger partial charge in [-0.15, -0.1) is 0 Å². The molecule has 0 aromatic heterocycles. The second-order valence-corrected chi connectivity index (χ2v) is 7.26. The molecule has 3 amide bonds. The van der Waals surface area contributed by atoms with Gasteiger partial charge in [0.2, 0.25) is 17.7 Å². The zero-order chi connectivity index (χ0) is 26.6. The summed E-state index contributed by atoms with van der Waals surface area (Å²) in [6.07, 6.45) is -4.46.